The van der Waals surface area contributed by atoms with Crippen LogP contribution in [0, 0.1) is 0 Å². The van der Waals surface area contributed by atoms with Gasteiger partial charge < -0.3 is 28.6 Å². The van der Waals surface area contributed by atoms with Crippen molar-refractivity contribution in [1.82, 2.24) is 4.90 Å². The predicted molar refractivity (Wildman–Crippen MR) is 135 cm³/mol. The highest BCUT2D eigenvalue weighted by atomic mass is 16.5. The SMILES string of the molecule is COc1cc(C(=O)N2CCCC2c2ccc3c(c2)OCCCO3)cc(OC)c1OCc1ccccc1. The molecule has 0 saturated carbocycles. The quantitative estimate of drug-likeness (QED) is 0.442. The van der Waals surface area contributed by atoms with Gasteiger partial charge in [-0.3, -0.25) is 4.79 Å². The number of ether oxygens (including phenoxy) is 5. The van der Waals surface area contributed by atoms with E-state index in [1.54, 1.807) is 26.4 Å². The fourth-order valence-corrected chi connectivity index (χ4v) is 4.78. The second-order valence-electron chi connectivity index (χ2n) is 8.90. The van der Waals surface area contributed by atoms with Crippen LogP contribution in [0.5, 0.6) is 28.7 Å². The van der Waals surface area contributed by atoms with E-state index in [9.17, 15) is 4.79 Å². The third-order valence-corrected chi connectivity index (χ3v) is 6.60. The number of carbonyl (C=O) groups is 1. The predicted octanol–water partition coefficient (Wildman–Crippen LogP) is 5.42. The number of likely N-dealkylation sites (tertiary alicyclic amines) is 1. The molecule has 1 amide bonds. The van der Waals surface area contributed by atoms with Gasteiger partial charge in [0.15, 0.2) is 23.0 Å². The zero-order valence-corrected chi connectivity index (χ0v) is 20.7. The van der Waals surface area contributed by atoms with Crippen LogP contribution < -0.4 is 23.7 Å². The Labute approximate surface area is 211 Å². The van der Waals surface area contributed by atoms with Crippen LogP contribution >= 0.6 is 0 Å². The smallest absolute Gasteiger partial charge is 0.254 e. The summed E-state index contributed by atoms with van der Waals surface area (Å²) < 4.78 is 28.9. The molecule has 1 saturated heterocycles. The number of rotatable bonds is 7. The number of methoxy groups -OCH3 is 2. The zero-order valence-electron chi connectivity index (χ0n) is 20.7. The molecule has 1 unspecified atom stereocenters. The Morgan fingerprint density at radius 3 is 2.36 bits per heavy atom. The van der Waals surface area contributed by atoms with Crippen molar-refractivity contribution < 1.29 is 28.5 Å². The van der Waals surface area contributed by atoms with E-state index in [0.29, 0.717) is 49.2 Å². The molecule has 3 aromatic rings. The van der Waals surface area contributed by atoms with Crippen molar-refractivity contribution in [3.63, 3.8) is 0 Å². The van der Waals surface area contributed by atoms with Gasteiger partial charge in [0.05, 0.1) is 33.5 Å². The third kappa shape index (κ3) is 4.91. The molecule has 1 fully saturated rings. The maximum Gasteiger partial charge on any atom is 0.254 e. The van der Waals surface area contributed by atoms with Gasteiger partial charge in [-0.2, -0.15) is 0 Å². The van der Waals surface area contributed by atoms with E-state index in [4.69, 9.17) is 23.7 Å². The van der Waals surface area contributed by atoms with Crippen LogP contribution in [0.25, 0.3) is 0 Å². The molecule has 2 aliphatic rings. The Hall–Kier alpha value is -3.87. The van der Waals surface area contributed by atoms with E-state index in [0.717, 1.165) is 41.9 Å². The van der Waals surface area contributed by atoms with Gasteiger partial charge in [-0.15, -0.1) is 0 Å². The summed E-state index contributed by atoms with van der Waals surface area (Å²) in [4.78, 5) is 15.6. The molecule has 2 aliphatic heterocycles. The lowest BCUT2D eigenvalue weighted by Crippen LogP contribution is -2.30. The minimum atomic E-state index is -0.0733. The molecule has 188 valence electrons. The van der Waals surface area contributed by atoms with Crippen LogP contribution in [0.3, 0.4) is 0 Å². The normalized spacial score (nSPS) is 16.8. The Kier molecular flexibility index (Phi) is 7.16. The van der Waals surface area contributed by atoms with Gasteiger partial charge in [-0.25, -0.2) is 0 Å². The Bertz CT molecular complexity index is 1190. The molecule has 0 N–H and O–H groups in total. The number of fused-ring (bicyclic) bond motifs is 1. The average Bonchev–Trinajstić information content (AvgIpc) is 3.30. The Morgan fingerprint density at radius 2 is 1.64 bits per heavy atom. The van der Waals surface area contributed by atoms with Crippen LogP contribution in [-0.2, 0) is 6.61 Å². The van der Waals surface area contributed by atoms with Gasteiger partial charge in [0.2, 0.25) is 5.75 Å². The molecule has 0 spiro atoms. The van der Waals surface area contributed by atoms with Crippen molar-refractivity contribution in [2.75, 3.05) is 34.0 Å². The molecule has 3 aromatic carbocycles. The summed E-state index contributed by atoms with van der Waals surface area (Å²) >= 11 is 0. The summed E-state index contributed by atoms with van der Waals surface area (Å²) in [6, 6.07) is 19.3. The number of nitrogens with zero attached hydrogens (tertiary/aromatic N) is 1. The van der Waals surface area contributed by atoms with Crippen molar-refractivity contribution >= 4 is 5.91 Å². The molecule has 7 heteroatoms. The van der Waals surface area contributed by atoms with Crippen molar-refractivity contribution in [3.8, 4) is 28.7 Å². The van der Waals surface area contributed by atoms with E-state index in [1.807, 2.05) is 53.4 Å². The molecular weight excluding hydrogens is 458 g/mol. The lowest BCUT2D eigenvalue weighted by Gasteiger charge is -2.26. The lowest BCUT2D eigenvalue weighted by atomic mass is 10.0. The van der Waals surface area contributed by atoms with Crippen LogP contribution in [0.2, 0.25) is 0 Å². The lowest BCUT2D eigenvalue weighted by molar-refractivity contribution is 0.0734. The summed E-state index contributed by atoms with van der Waals surface area (Å²) in [6.07, 6.45) is 2.67. The van der Waals surface area contributed by atoms with Gasteiger partial charge >= 0.3 is 0 Å². The van der Waals surface area contributed by atoms with E-state index >= 15 is 0 Å². The molecule has 0 aliphatic carbocycles. The molecule has 0 radical (unpaired) electrons. The zero-order chi connectivity index (χ0) is 24.9. The van der Waals surface area contributed by atoms with Gasteiger partial charge in [0.1, 0.15) is 6.61 Å². The monoisotopic (exact) mass is 489 g/mol. The van der Waals surface area contributed by atoms with Crippen molar-refractivity contribution in [2.45, 2.75) is 31.9 Å². The standard InChI is InChI=1S/C29H31NO6/c1-32-26-17-22(18-27(33-2)28(26)36-19-20-8-4-3-5-9-20)29(31)30-13-6-10-23(30)21-11-12-24-25(16-21)35-15-7-14-34-24/h3-5,8-9,11-12,16-18,23H,6-7,10,13-15,19H2,1-2H3. The molecule has 5 rings (SSSR count). The van der Waals surface area contributed by atoms with Crippen molar-refractivity contribution in [2.24, 2.45) is 0 Å². The molecule has 0 aromatic heterocycles. The molecule has 36 heavy (non-hydrogen) atoms. The molecule has 2 heterocycles. The van der Waals surface area contributed by atoms with Crippen molar-refractivity contribution in [1.29, 1.82) is 0 Å². The van der Waals surface area contributed by atoms with Gasteiger partial charge in [-0.05, 0) is 48.2 Å². The summed E-state index contributed by atoms with van der Waals surface area (Å²) in [5.74, 6) is 2.82. The van der Waals surface area contributed by atoms with Crippen LogP contribution in [0.15, 0.2) is 60.7 Å². The number of hydrogen-bond acceptors (Lipinski definition) is 6. The maximum atomic E-state index is 13.7. The largest absolute Gasteiger partial charge is 0.493 e. The first-order valence-electron chi connectivity index (χ1n) is 12.3. The van der Waals surface area contributed by atoms with Gasteiger partial charge in [-0.1, -0.05) is 36.4 Å². The third-order valence-electron chi connectivity index (χ3n) is 6.60. The Balaban J connectivity index is 1.39. The molecular formula is C29H31NO6. The first-order chi connectivity index (χ1) is 17.7. The van der Waals surface area contributed by atoms with E-state index in [1.165, 1.54) is 0 Å². The van der Waals surface area contributed by atoms with Crippen LogP contribution in [0.4, 0.5) is 0 Å². The number of carbonyl (C=O) groups excluding carboxylic acids is 1. The van der Waals surface area contributed by atoms with E-state index < -0.39 is 0 Å². The molecule has 7 nitrogen and oxygen atoms in total. The fraction of sp³-hybridized carbons (Fsp3) is 0.345. The van der Waals surface area contributed by atoms with Crippen LogP contribution in [-0.4, -0.2) is 44.8 Å². The second-order valence-corrected chi connectivity index (χ2v) is 8.90. The summed E-state index contributed by atoms with van der Waals surface area (Å²) in [5.41, 5.74) is 2.57. The first-order valence-corrected chi connectivity index (χ1v) is 12.3. The number of benzene rings is 3. The Morgan fingerprint density at radius 1 is 0.917 bits per heavy atom. The minimum Gasteiger partial charge on any atom is -0.493 e. The number of hydrogen-bond donors (Lipinski definition) is 0. The van der Waals surface area contributed by atoms with Gasteiger partial charge in [0, 0.05) is 18.5 Å². The summed E-state index contributed by atoms with van der Waals surface area (Å²) in [5, 5.41) is 0. The highest BCUT2D eigenvalue weighted by Gasteiger charge is 2.32. The number of amides is 1. The maximum absolute atomic E-state index is 13.7. The minimum absolute atomic E-state index is 0.0411. The topological polar surface area (TPSA) is 66.5 Å². The first kappa shape index (κ1) is 23.9. The fourth-order valence-electron chi connectivity index (χ4n) is 4.78. The molecule has 0 bridgehead atoms. The van der Waals surface area contributed by atoms with Crippen molar-refractivity contribution in [3.05, 3.63) is 77.4 Å². The van der Waals surface area contributed by atoms with Gasteiger partial charge in [0.25, 0.3) is 5.91 Å². The van der Waals surface area contributed by atoms with Crippen LogP contribution in [0.1, 0.15) is 46.8 Å². The second kappa shape index (κ2) is 10.8. The highest BCUT2D eigenvalue weighted by molar-refractivity contribution is 5.96. The van der Waals surface area contributed by atoms with E-state index in [2.05, 4.69) is 0 Å². The summed E-state index contributed by atoms with van der Waals surface area (Å²) in [6.45, 7) is 2.31. The highest BCUT2D eigenvalue weighted by Crippen LogP contribution is 2.42. The van der Waals surface area contributed by atoms with E-state index in [-0.39, 0.29) is 11.9 Å². The average molecular weight is 490 g/mol. The molecule has 1 atom stereocenters. The summed E-state index contributed by atoms with van der Waals surface area (Å²) in [7, 11) is 3.13.